The van der Waals surface area contributed by atoms with Crippen molar-refractivity contribution in [3.8, 4) is 22.6 Å². The third-order valence-electron chi connectivity index (χ3n) is 4.93. The summed E-state index contributed by atoms with van der Waals surface area (Å²) in [7, 11) is 0. The molecular formula is C25H25F3O3. The summed E-state index contributed by atoms with van der Waals surface area (Å²) in [6.45, 7) is 3.89. The van der Waals surface area contributed by atoms with Crippen LogP contribution in [-0.4, -0.2) is 11.7 Å². The first-order valence-electron chi connectivity index (χ1n) is 10.2. The van der Waals surface area contributed by atoms with Gasteiger partial charge in [-0.3, -0.25) is 0 Å². The molecule has 0 aromatic heterocycles. The lowest BCUT2D eigenvalue weighted by atomic mass is 10.0. The Morgan fingerprint density at radius 2 is 1.61 bits per heavy atom. The minimum atomic E-state index is -1.03. The first-order valence-corrected chi connectivity index (χ1v) is 10.2. The normalized spacial score (nSPS) is 11.9. The van der Waals surface area contributed by atoms with Crippen LogP contribution in [0.5, 0.6) is 11.5 Å². The Labute approximate surface area is 180 Å². The molecule has 3 nitrogen and oxygen atoms in total. The molecular weight excluding hydrogens is 405 g/mol. The minimum absolute atomic E-state index is 0.00136. The number of hydrogen-bond donors (Lipinski definition) is 1. The third-order valence-corrected chi connectivity index (χ3v) is 4.93. The Bertz CT molecular complexity index is 1020. The van der Waals surface area contributed by atoms with Gasteiger partial charge in [-0.1, -0.05) is 37.6 Å². The van der Waals surface area contributed by atoms with Crippen LogP contribution in [0, 0.1) is 17.5 Å². The Balaban J connectivity index is 1.68. The summed E-state index contributed by atoms with van der Waals surface area (Å²) in [6, 6.07) is 13.9. The van der Waals surface area contributed by atoms with E-state index in [1.54, 1.807) is 43.3 Å². The van der Waals surface area contributed by atoms with Gasteiger partial charge in [0.1, 0.15) is 18.2 Å². The summed E-state index contributed by atoms with van der Waals surface area (Å²) in [4.78, 5) is 0. The fourth-order valence-corrected chi connectivity index (χ4v) is 3.24. The molecule has 0 aliphatic heterocycles. The minimum Gasteiger partial charge on any atom is -0.491 e. The molecule has 164 valence electrons. The molecule has 0 radical (unpaired) electrons. The maximum Gasteiger partial charge on any atom is 0.201 e. The SMILES string of the molecule is CCCC(O)c1ccc(COc2ccc(-c3ccc(OCC)c(F)c3F)cc2)c(F)c1. The highest BCUT2D eigenvalue weighted by Gasteiger charge is 2.16. The zero-order chi connectivity index (χ0) is 22.4. The molecule has 0 fully saturated rings. The first-order chi connectivity index (χ1) is 14.9. The Kier molecular flexibility index (Phi) is 7.58. The van der Waals surface area contributed by atoms with Crippen molar-refractivity contribution >= 4 is 0 Å². The molecule has 0 amide bonds. The summed E-state index contributed by atoms with van der Waals surface area (Å²) in [5.41, 5.74) is 1.49. The van der Waals surface area contributed by atoms with E-state index in [0.717, 1.165) is 6.42 Å². The van der Waals surface area contributed by atoms with E-state index in [1.807, 2.05) is 6.92 Å². The van der Waals surface area contributed by atoms with Gasteiger partial charge in [-0.15, -0.1) is 0 Å². The Hall–Kier alpha value is -2.99. The van der Waals surface area contributed by atoms with Gasteiger partial charge in [0.05, 0.1) is 12.7 Å². The van der Waals surface area contributed by atoms with E-state index in [-0.39, 0.29) is 24.5 Å². The molecule has 1 N–H and O–H groups in total. The highest BCUT2D eigenvalue weighted by atomic mass is 19.2. The van der Waals surface area contributed by atoms with Gasteiger partial charge in [0.25, 0.3) is 0 Å². The molecule has 31 heavy (non-hydrogen) atoms. The van der Waals surface area contributed by atoms with Crippen LogP contribution in [0.4, 0.5) is 13.2 Å². The second-order valence-corrected chi connectivity index (χ2v) is 7.14. The van der Waals surface area contributed by atoms with E-state index in [9.17, 15) is 18.3 Å². The fourth-order valence-electron chi connectivity index (χ4n) is 3.24. The van der Waals surface area contributed by atoms with Crippen LogP contribution < -0.4 is 9.47 Å². The largest absolute Gasteiger partial charge is 0.491 e. The molecule has 3 rings (SSSR count). The van der Waals surface area contributed by atoms with Gasteiger partial charge in [-0.05, 0) is 54.8 Å². The van der Waals surface area contributed by atoms with Crippen LogP contribution in [0.15, 0.2) is 54.6 Å². The number of aliphatic hydroxyl groups is 1. The molecule has 1 atom stereocenters. The highest BCUT2D eigenvalue weighted by molar-refractivity contribution is 5.66. The van der Waals surface area contributed by atoms with Crippen molar-refractivity contribution in [2.24, 2.45) is 0 Å². The van der Waals surface area contributed by atoms with Gasteiger partial charge in [0.15, 0.2) is 11.6 Å². The molecule has 6 heteroatoms. The van der Waals surface area contributed by atoms with Gasteiger partial charge in [0.2, 0.25) is 5.82 Å². The Morgan fingerprint density at radius 1 is 0.871 bits per heavy atom. The van der Waals surface area contributed by atoms with E-state index >= 15 is 0 Å². The third kappa shape index (κ3) is 5.39. The van der Waals surface area contributed by atoms with Crippen LogP contribution >= 0.6 is 0 Å². The molecule has 0 aliphatic rings. The summed E-state index contributed by atoms with van der Waals surface area (Å²) in [6.07, 6.45) is 0.687. The average molecular weight is 430 g/mol. The topological polar surface area (TPSA) is 38.7 Å². The van der Waals surface area contributed by atoms with Crippen LogP contribution in [0.25, 0.3) is 11.1 Å². The predicted molar refractivity (Wildman–Crippen MR) is 114 cm³/mol. The van der Waals surface area contributed by atoms with E-state index in [4.69, 9.17) is 9.47 Å². The lowest BCUT2D eigenvalue weighted by Crippen LogP contribution is -2.02. The molecule has 0 bridgehead atoms. The summed E-state index contributed by atoms with van der Waals surface area (Å²) in [5.74, 6) is -2.12. The molecule has 3 aromatic rings. The van der Waals surface area contributed by atoms with Gasteiger partial charge in [-0.2, -0.15) is 4.39 Å². The zero-order valence-corrected chi connectivity index (χ0v) is 17.5. The van der Waals surface area contributed by atoms with E-state index in [2.05, 4.69) is 0 Å². The zero-order valence-electron chi connectivity index (χ0n) is 17.5. The van der Waals surface area contributed by atoms with Gasteiger partial charge >= 0.3 is 0 Å². The van der Waals surface area contributed by atoms with Crippen molar-refractivity contribution in [3.63, 3.8) is 0 Å². The van der Waals surface area contributed by atoms with Crippen molar-refractivity contribution in [3.05, 3.63) is 83.2 Å². The van der Waals surface area contributed by atoms with Crippen molar-refractivity contribution < 1.29 is 27.8 Å². The number of rotatable bonds is 9. The lowest BCUT2D eigenvalue weighted by molar-refractivity contribution is 0.166. The molecule has 0 saturated heterocycles. The van der Waals surface area contributed by atoms with Gasteiger partial charge in [-0.25, -0.2) is 8.78 Å². The standard InChI is InChI=1S/C25H25F3O3/c1-3-5-22(29)17-6-7-18(21(26)14-17)15-31-19-10-8-16(9-11-19)20-12-13-23(30-4-2)25(28)24(20)27/h6-14,22,29H,3-5,15H2,1-2H3. The molecule has 0 aliphatic carbocycles. The Morgan fingerprint density at radius 3 is 2.26 bits per heavy atom. The molecule has 0 heterocycles. The van der Waals surface area contributed by atoms with Crippen LogP contribution in [-0.2, 0) is 6.61 Å². The summed E-state index contributed by atoms with van der Waals surface area (Å²) >= 11 is 0. The van der Waals surface area contributed by atoms with E-state index in [1.165, 1.54) is 18.2 Å². The molecule has 1 unspecified atom stereocenters. The molecule has 0 spiro atoms. The van der Waals surface area contributed by atoms with Crippen molar-refractivity contribution in [2.45, 2.75) is 39.4 Å². The number of aliphatic hydroxyl groups excluding tert-OH is 1. The van der Waals surface area contributed by atoms with E-state index < -0.39 is 23.6 Å². The smallest absolute Gasteiger partial charge is 0.201 e. The molecule has 3 aromatic carbocycles. The summed E-state index contributed by atoms with van der Waals surface area (Å²) < 4.78 is 53.5. The van der Waals surface area contributed by atoms with Crippen molar-refractivity contribution in [1.82, 2.24) is 0 Å². The van der Waals surface area contributed by atoms with Crippen molar-refractivity contribution in [2.75, 3.05) is 6.61 Å². The van der Waals surface area contributed by atoms with Crippen LogP contribution in [0.3, 0.4) is 0 Å². The predicted octanol–water partition coefficient (Wildman–Crippen LogP) is 6.58. The number of ether oxygens (including phenoxy) is 2. The lowest BCUT2D eigenvalue weighted by Gasteiger charge is -2.13. The molecule has 0 saturated carbocycles. The number of benzene rings is 3. The number of hydrogen-bond acceptors (Lipinski definition) is 3. The first kappa shape index (κ1) is 22.7. The summed E-state index contributed by atoms with van der Waals surface area (Å²) in [5, 5.41) is 9.99. The second-order valence-electron chi connectivity index (χ2n) is 7.14. The maximum absolute atomic E-state index is 14.4. The highest BCUT2D eigenvalue weighted by Crippen LogP contribution is 2.31. The average Bonchev–Trinajstić information content (AvgIpc) is 2.77. The van der Waals surface area contributed by atoms with Crippen LogP contribution in [0.1, 0.15) is 43.9 Å². The quantitative estimate of drug-likeness (QED) is 0.417. The van der Waals surface area contributed by atoms with Gasteiger partial charge in [0, 0.05) is 11.1 Å². The van der Waals surface area contributed by atoms with E-state index in [0.29, 0.717) is 28.9 Å². The fraction of sp³-hybridized carbons (Fsp3) is 0.280. The van der Waals surface area contributed by atoms with Crippen molar-refractivity contribution in [1.29, 1.82) is 0 Å². The maximum atomic E-state index is 14.4. The monoisotopic (exact) mass is 430 g/mol. The van der Waals surface area contributed by atoms with Crippen LogP contribution in [0.2, 0.25) is 0 Å². The number of halogens is 3. The van der Waals surface area contributed by atoms with Gasteiger partial charge < -0.3 is 14.6 Å². The second kappa shape index (κ2) is 10.4.